The van der Waals surface area contributed by atoms with E-state index < -0.39 is 29.6 Å². The number of nitrogens with zero attached hydrogens (tertiary/aromatic N) is 1. The van der Waals surface area contributed by atoms with Crippen LogP contribution in [0.1, 0.15) is 26.3 Å². The van der Waals surface area contributed by atoms with Crippen LogP contribution < -0.4 is 5.32 Å². The number of rotatable bonds is 5. The molecular formula is C16H20N2O4. The molecule has 1 aromatic rings. The number of aliphatic carboxylic acids is 1. The summed E-state index contributed by atoms with van der Waals surface area (Å²) in [5, 5.41) is 20.8. The Morgan fingerprint density at radius 2 is 1.91 bits per heavy atom. The molecule has 0 fully saturated rings. The van der Waals surface area contributed by atoms with E-state index in [1.165, 1.54) is 0 Å². The van der Waals surface area contributed by atoms with Crippen LogP contribution in [-0.4, -0.2) is 28.8 Å². The standard InChI is InChI=1S/C16H20N2O4/c1-16(2,3)22-15(21)18-13(10-17)12(14(19)20)9-11-7-5-4-6-8-11/h4-8,12-13H,9H2,1-3H3,(H,18,21)(H,19,20)/t12?,13-/m1/s1. The van der Waals surface area contributed by atoms with Gasteiger partial charge in [-0.3, -0.25) is 4.79 Å². The van der Waals surface area contributed by atoms with E-state index in [9.17, 15) is 20.0 Å². The van der Waals surface area contributed by atoms with Gasteiger partial charge in [0.2, 0.25) is 0 Å². The summed E-state index contributed by atoms with van der Waals surface area (Å²) in [6, 6.07) is 9.60. The molecule has 0 aromatic heterocycles. The average Bonchev–Trinajstić information content (AvgIpc) is 2.41. The van der Waals surface area contributed by atoms with Gasteiger partial charge in [-0.25, -0.2) is 4.79 Å². The molecule has 2 N–H and O–H groups in total. The van der Waals surface area contributed by atoms with Gasteiger partial charge in [0.05, 0.1) is 12.0 Å². The molecule has 6 heteroatoms. The number of benzene rings is 1. The highest BCUT2D eigenvalue weighted by molar-refractivity contribution is 5.75. The first kappa shape index (κ1) is 17.5. The number of carbonyl (C=O) groups is 2. The van der Waals surface area contributed by atoms with Gasteiger partial charge in [-0.2, -0.15) is 5.26 Å². The maximum absolute atomic E-state index is 11.7. The second-order valence-electron chi connectivity index (χ2n) is 5.89. The minimum atomic E-state index is -1.17. The normalized spacial score (nSPS) is 13.5. The number of ether oxygens (including phenoxy) is 1. The van der Waals surface area contributed by atoms with Crippen molar-refractivity contribution in [3.8, 4) is 6.07 Å². The van der Waals surface area contributed by atoms with Crippen molar-refractivity contribution < 1.29 is 19.4 Å². The van der Waals surface area contributed by atoms with Gasteiger partial charge >= 0.3 is 12.1 Å². The van der Waals surface area contributed by atoms with Gasteiger partial charge in [0.1, 0.15) is 11.6 Å². The van der Waals surface area contributed by atoms with Crippen LogP contribution in [0.3, 0.4) is 0 Å². The molecule has 118 valence electrons. The average molecular weight is 304 g/mol. The molecule has 0 radical (unpaired) electrons. The first-order chi connectivity index (χ1) is 10.2. The number of hydrogen-bond acceptors (Lipinski definition) is 4. The number of carboxylic acids is 1. The van der Waals surface area contributed by atoms with Crippen LogP contribution in [0, 0.1) is 17.2 Å². The lowest BCUT2D eigenvalue weighted by atomic mass is 9.93. The zero-order chi connectivity index (χ0) is 16.8. The molecule has 1 aromatic carbocycles. The smallest absolute Gasteiger partial charge is 0.408 e. The fourth-order valence-corrected chi connectivity index (χ4v) is 1.87. The van der Waals surface area contributed by atoms with E-state index in [1.54, 1.807) is 45.0 Å². The van der Waals surface area contributed by atoms with E-state index in [4.69, 9.17) is 4.74 Å². The molecule has 6 nitrogen and oxygen atoms in total. The zero-order valence-electron chi connectivity index (χ0n) is 12.9. The third kappa shape index (κ3) is 5.83. The number of nitriles is 1. The number of carbonyl (C=O) groups excluding carboxylic acids is 1. The van der Waals surface area contributed by atoms with Crippen molar-refractivity contribution in [2.75, 3.05) is 0 Å². The van der Waals surface area contributed by atoms with Crippen molar-refractivity contribution in [1.29, 1.82) is 5.26 Å². The second kappa shape index (κ2) is 7.46. The fraction of sp³-hybridized carbons (Fsp3) is 0.438. The van der Waals surface area contributed by atoms with Crippen LogP contribution >= 0.6 is 0 Å². The van der Waals surface area contributed by atoms with Crippen molar-refractivity contribution in [1.82, 2.24) is 5.32 Å². The van der Waals surface area contributed by atoms with Crippen molar-refractivity contribution in [3.63, 3.8) is 0 Å². The second-order valence-corrected chi connectivity index (χ2v) is 5.89. The monoisotopic (exact) mass is 304 g/mol. The molecule has 1 amide bonds. The molecule has 0 aliphatic carbocycles. The SMILES string of the molecule is CC(C)(C)OC(=O)N[C@H](C#N)C(Cc1ccccc1)C(=O)O. The Kier molecular flexibility index (Phi) is 5.93. The minimum Gasteiger partial charge on any atom is -0.481 e. The van der Waals surface area contributed by atoms with Crippen molar-refractivity contribution >= 4 is 12.1 Å². The van der Waals surface area contributed by atoms with Gasteiger partial charge in [-0.05, 0) is 32.8 Å². The molecule has 1 unspecified atom stereocenters. The molecule has 2 atom stereocenters. The number of hydrogen-bond donors (Lipinski definition) is 2. The summed E-state index contributed by atoms with van der Waals surface area (Å²) in [4.78, 5) is 23.2. The molecule has 0 saturated heterocycles. The quantitative estimate of drug-likeness (QED) is 0.869. The van der Waals surface area contributed by atoms with E-state index in [-0.39, 0.29) is 6.42 Å². The lowest BCUT2D eigenvalue weighted by Crippen LogP contribution is -2.45. The lowest BCUT2D eigenvalue weighted by molar-refractivity contribution is -0.142. The highest BCUT2D eigenvalue weighted by Gasteiger charge is 2.31. The summed E-state index contributed by atoms with van der Waals surface area (Å²) < 4.78 is 5.06. The molecular weight excluding hydrogens is 284 g/mol. The molecule has 0 aliphatic rings. The van der Waals surface area contributed by atoms with E-state index in [1.807, 2.05) is 12.1 Å². The Morgan fingerprint density at radius 3 is 2.36 bits per heavy atom. The maximum Gasteiger partial charge on any atom is 0.408 e. The first-order valence-electron chi connectivity index (χ1n) is 6.89. The van der Waals surface area contributed by atoms with Crippen LogP contribution in [-0.2, 0) is 16.0 Å². The first-order valence-corrected chi connectivity index (χ1v) is 6.89. The van der Waals surface area contributed by atoms with E-state index in [0.29, 0.717) is 0 Å². The Balaban J connectivity index is 2.81. The summed E-state index contributed by atoms with van der Waals surface area (Å²) >= 11 is 0. The molecule has 0 spiro atoms. The molecule has 1 rings (SSSR count). The third-order valence-electron chi connectivity index (χ3n) is 2.83. The third-order valence-corrected chi connectivity index (χ3v) is 2.83. The summed E-state index contributed by atoms with van der Waals surface area (Å²) in [5.41, 5.74) is 0.0588. The van der Waals surface area contributed by atoms with Crippen LogP contribution in [0.25, 0.3) is 0 Å². The van der Waals surface area contributed by atoms with Crippen molar-refractivity contribution in [2.24, 2.45) is 5.92 Å². The Labute approximate surface area is 129 Å². The number of nitrogens with one attached hydrogen (secondary N) is 1. The molecule has 0 bridgehead atoms. The molecule has 22 heavy (non-hydrogen) atoms. The van der Waals surface area contributed by atoms with Crippen molar-refractivity contribution in [3.05, 3.63) is 35.9 Å². The summed E-state index contributed by atoms with van der Waals surface area (Å²) in [6.45, 7) is 5.06. The maximum atomic E-state index is 11.7. The topological polar surface area (TPSA) is 99.4 Å². The Bertz CT molecular complexity index is 558. The van der Waals surface area contributed by atoms with E-state index in [2.05, 4.69) is 5.32 Å². The van der Waals surface area contributed by atoms with E-state index in [0.717, 1.165) is 5.56 Å². The van der Waals surface area contributed by atoms with Crippen LogP contribution in [0.15, 0.2) is 30.3 Å². The molecule has 0 saturated carbocycles. The zero-order valence-corrected chi connectivity index (χ0v) is 12.9. The Hall–Kier alpha value is -2.55. The fourth-order valence-electron chi connectivity index (χ4n) is 1.87. The molecule has 0 aliphatic heterocycles. The van der Waals surface area contributed by atoms with Gasteiger partial charge in [-0.15, -0.1) is 0 Å². The van der Waals surface area contributed by atoms with Gasteiger partial charge in [0.15, 0.2) is 0 Å². The predicted molar refractivity (Wildman–Crippen MR) is 80.0 cm³/mol. The number of amides is 1. The van der Waals surface area contributed by atoms with Crippen LogP contribution in [0.5, 0.6) is 0 Å². The van der Waals surface area contributed by atoms with Crippen LogP contribution in [0.2, 0.25) is 0 Å². The van der Waals surface area contributed by atoms with Gasteiger partial charge in [0.25, 0.3) is 0 Å². The number of carboxylic acid groups (broad SMARTS) is 1. The summed E-state index contributed by atoms with van der Waals surface area (Å²) in [7, 11) is 0. The molecule has 0 heterocycles. The Morgan fingerprint density at radius 1 is 1.32 bits per heavy atom. The minimum absolute atomic E-state index is 0.143. The highest BCUT2D eigenvalue weighted by atomic mass is 16.6. The highest BCUT2D eigenvalue weighted by Crippen LogP contribution is 2.14. The van der Waals surface area contributed by atoms with Gasteiger partial charge in [0, 0.05) is 0 Å². The van der Waals surface area contributed by atoms with Crippen molar-refractivity contribution in [2.45, 2.75) is 38.8 Å². The van der Waals surface area contributed by atoms with Crippen LogP contribution in [0.4, 0.5) is 4.79 Å². The predicted octanol–water partition coefficient (Wildman–Crippen LogP) is 2.35. The van der Waals surface area contributed by atoms with Gasteiger partial charge in [-0.1, -0.05) is 30.3 Å². The number of alkyl carbamates (subject to hydrolysis) is 1. The van der Waals surface area contributed by atoms with E-state index >= 15 is 0 Å². The lowest BCUT2D eigenvalue weighted by Gasteiger charge is -2.23. The largest absolute Gasteiger partial charge is 0.481 e. The van der Waals surface area contributed by atoms with Gasteiger partial charge < -0.3 is 15.2 Å². The summed E-state index contributed by atoms with van der Waals surface area (Å²) in [5.74, 6) is -2.20. The summed E-state index contributed by atoms with van der Waals surface area (Å²) in [6.07, 6.45) is -0.664.